The third kappa shape index (κ3) is 3.75. The number of nitrogens with zero attached hydrogens (tertiary/aromatic N) is 1. The van der Waals surface area contributed by atoms with Gasteiger partial charge in [-0.25, -0.2) is 0 Å². The molecule has 1 heterocycles. The quantitative estimate of drug-likeness (QED) is 0.827. The SMILES string of the molecule is CCN(CCC(=O)O)C(=O)c1csc(I)c1. The van der Waals surface area contributed by atoms with Crippen LogP contribution in [0.2, 0.25) is 0 Å². The summed E-state index contributed by atoms with van der Waals surface area (Å²) in [6, 6.07) is 1.82. The van der Waals surface area contributed by atoms with Crippen molar-refractivity contribution in [3.63, 3.8) is 0 Å². The number of hydrogen-bond acceptors (Lipinski definition) is 3. The van der Waals surface area contributed by atoms with Crippen molar-refractivity contribution in [2.75, 3.05) is 13.1 Å². The summed E-state index contributed by atoms with van der Waals surface area (Å²) in [5.74, 6) is -0.978. The molecule has 1 aromatic heterocycles. The van der Waals surface area contributed by atoms with Crippen molar-refractivity contribution in [2.45, 2.75) is 13.3 Å². The van der Waals surface area contributed by atoms with Gasteiger partial charge in [-0.05, 0) is 35.6 Å². The first kappa shape index (κ1) is 13.4. The number of amides is 1. The monoisotopic (exact) mass is 353 g/mol. The van der Waals surface area contributed by atoms with Crippen molar-refractivity contribution in [2.24, 2.45) is 0 Å². The molecule has 0 saturated heterocycles. The Morgan fingerprint density at radius 1 is 1.56 bits per heavy atom. The molecule has 88 valence electrons. The zero-order chi connectivity index (χ0) is 12.1. The minimum atomic E-state index is -0.883. The fourth-order valence-corrected chi connectivity index (χ4v) is 2.56. The van der Waals surface area contributed by atoms with Crippen LogP contribution in [0.1, 0.15) is 23.7 Å². The van der Waals surface area contributed by atoms with E-state index in [0.29, 0.717) is 12.1 Å². The first-order chi connectivity index (χ1) is 7.54. The van der Waals surface area contributed by atoms with Gasteiger partial charge in [0, 0.05) is 18.5 Å². The number of carboxylic acid groups (broad SMARTS) is 1. The van der Waals surface area contributed by atoms with Crippen LogP contribution in [0.15, 0.2) is 11.4 Å². The Kier molecular flexibility index (Phi) is 5.20. The van der Waals surface area contributed by atoms with E-state index in [0.717, 1.165) is 2.88 Å². The third-order valence-electron chi connectivity index (χ3n) is 2.08. The van der Waals surface area contributed by atoms with Crippen LogP contribution in [0.25, 0.3) is 0 Å². The summed E-state index contributed by atoms with van der Waals surface area (Å²) in [4.78, 5) is 23.9. The lowest BCUT2D eigenvalue weighted by atomic mass is 10.2. The van der Waals surface area contributed by atoms with Gasteiger partial charge >= 0.3 is 5.97 Å². The molecule has 6 heteroatoms. The molecule has 4 nitrogen and oxygen atoms in total. The largest absolute Gasteiger partial charge is 0.481 e. The van der Waals surface area contributed by atoms with Crippen molar-refractivity contribution in [1.29, 1.82) is 0 Å². The van der Waals surface area contributed by atoms with Crippen molar-refractivity contribution in [1.82, 2.24) is 4.90 Å². The Morgan fingerprint density at radius 2 is 2.25 bits per heavy atom. The maximum absolute atomic E-state index is 11.9. The lowest BCUT2D eigenvalue weighted by molar-refractivity contribution is -0.137. The number of carbonyl (C=O) groups is 2. The van der Waals surface area contributed by atoms with Gasteiger partial charge < -0.3 is 10.0 Å². The molecule has 0 aliphatic carbocycles. The Bertz CT molecular complexity index is 391. The van der Waals surface area contributed by atoms with E-state index in [9.17, 15) is 9.59 Å². The number of halogens is 1. The number of aliphatic carboxylic acids is 1. The van der Waals surface area contributed by atoms with Gasteiger partial charge in [-0.2, -0.15) is 0 Å². The molecule has 1 amide bonds. The topological polar surface area (TPSA) is 57.6 Å². The van der Waals surface area contributed by atoms with E-state index >= 15 is 0 Å². The fraction of sp³-hybridized carbons (Fsp3) is 0.400. The second kappa shape index (κ2) is 6.19. The van der Waals surface area contributed by atoms with Crippen LogP contribution in [-0.4, -0.2) is 35.0 Å². The molecule has 0 fully saturated rings. The molecule has 16 heavy (non-hydrogen) atoms. The van der Waals surface area contributed by atoms with E-state index < -0.39 is 5.97 Å². The van der Waals surface area contributed by atoms with Crippen LogP contribution in [0.4, 0.5) is 0 Å². The van der Waals surface area contributed by atoms with Gasteiger partial charge in [0.15, 0.2) is 0 Å². The highest BCUT2D eigenvalue weighted by atomic mass is 127. The Balaban J connectivity index is 2.66. The minimum absolute atomic E-state index is 0.0131. The average molecular weight is 353 g/mol. The maximum Gasteiger partial charge on any atom is 0.305 e. The summed E-state index contributed by atoms with van der Waals surface area (Å²) in [6.45, 7) is 2.63. The van der Waals surface area contributed by atoms with Gasteiger partial charge in [-0.3, -0.25) is 9.59 Å². The zero-order valence-corrected chi connectivity index (χ0v) is 11.7. The highest BCUT2D eigenvalue weighted by molar-refractivity contribution is 14.1. The fourth-order valence-electron chi connectivity index (χ4n) is 1.24. The van der Waals surface area contributed by atoms with E-state index in [4.69, 9.17) is 5.11 Å². The highest BCUT2D eigenvalue weighted by Crippen LogP contribution is 2.18. The molecule has 0 unspecified atom stereocenters. The molecule has 0 aromatic carbocycles. The van der Waals surface area contributed by atoms with Gasteiger partial charge in [0.25, 0.3) is 5.91 Å². The van der Waals surface area contributed by atoms with E-state index in [1.54, 1.807) is 10.3 Å². The van der Waals surface area contributed by atoms with Crippen molar-refractivity contribution in [3.8, 4) is 0 Å². The molecule has 1 N–H and O–H groups in total. The summed E-state index contributed by atoms with van der Waals surface area (Å²) >= 11 is 3.66. The van der Waals surface area contributed by atoms with Crippen LogP contribution >= 0.6 is 33.9 Å². The standard InChI is InChI=1S/C10H12INO3S/c1-2-12(4-3-9(13)14)10(15)7-5-8(11)16-6-7/h5-6H,2-4H2,1H3,(H,13,14). The van der Waals surface area contributed by atoms with E-state index in [1.165, 1.54) is 11.3 Å². The van der Waals surface area contributed by atoms with Crippen molar-refractivity contribution < 1.29 is 14.7 Å². The van der Waals surface area contributed by atoms with E-state index in [-0.39, 0.29) is 18.9 Å². The molecular weight excluding hydrogens is 341 g/mol. The van der Waals surface area contributed by atoms with Gasteiger partial charge in [0.2, 0.25) is 0 Å². The van der Waals surface area contributed by atoms with Crippen molar-refractivity contribution >= 4 is 45.8 Å². The van der Waals surface area contributed by atoms with E-state index in [1.807, 2.05) is 13.0 Å². The van der Waals surface area contributed by atoms with Crippen LogP contribution in [0.5, 0.6) is 0 Å². The second-order valence-corrected chi connectivity index (χ2v) is 5.97. The molecule has 0 bridgehead atoms. The summed E-state index contributed by atoms with van der Waals surface area (Å²) in [6.07, 6.45) is -0.0131. The number of hydrogen-bond donors (Lipinski definition) is 1. The molecule has 1 aromatic rings. The summed E-state index contributed by atoms with van der Waals surface area (Å²) in [5, 5.41) is 10.4. The number of carbonyl (C=O) groups excluding carboxylic acids is 1. The second-order valence-electron chi connectivity index (χ2n) is 3.17. The Labute approximate surface area is 111 Å². The summed E-state index contributed by atoms with van der Waals surface area (Å²) in [5.41, 5.74) is 0.640. The molecule has 0 radical (unpaired) electrons. The number of carboxylic acids is 1. The molecule has 0 saturated carbocycles. The predicted molar refractivity (Wildman–Crippen MR) is 70.9 cm³/mol. The highest BCUT2D eigenvalue weighted by Gasteiger charge is 2.16. The van der Waals surface area contributed by atoms with Crippen LogP contribution in [0.3, 0.4) is 0 Å². The summed E-state index contributed by atoms with van der Waals surface area (Å²) in [7, 11) is 0. The van der Waals surface area contributed by atoms with Gasteiger partial charge in [0.05, 0.1) is 14.9 Å². The van der Waals surface area contributed by atoms with Crippen LogP contribution in [-0.2, 0) is 4.79 Å². The average Bonchev–Trinajstić information content (AvgIpc) is 2.65. The normalized spacial score (nSPS) is 10.1. The van der Waals surface area contributed by atoms with E-state index in [2.05, 4.69) is 22.6 Å². The molecule has 1 rings (SSSR count). The smallest absolute Gasteiger partial charge is 0.305 e. The van der Waals surface area contributed by atoms with Gasteiger partial charge in [-0.15, -0.1) is 11.3 Å². The maximum atomic E-state index is 11.9. The zero-order valence-electron chi connectivity index (χ0n) is 8.77. The molecule has 0 atom stereocenters. The lowest BCUT2D eigenvalue weighted by Gasteiger charge is -2.19. The minimum Gasteiger partial charge on any atom is -0.481 e. The molecule has 0 aliphatic rings. The molecular formula is C10H12INO3S. The number of rotatable bonds is 5. The first-order valence-corrected chi connectivity index (χ1v) is 6.75. The van der Waals surface area contributed by atoms with Crippen molar-refractivity contribution in [3.05, 3.63) is 19.9 Å². The first-order valence-electron chi connectivity index (χ1n) is 4.79. The molecule has 0 aliphatic heterocycles. The van der Waals surface area contributed by atoms with Gasteiger partial charge in [0.1, 0.15) is 0 Å². The Hall–Kier alpha value is -0.630. The lowest BCUT2D eigenvalue weighted by Crippen LogP contribution is -2.32. The van der Waals surface area contributed by atoms with Crippen LogP contribution < -0.4 is 0 Å². The number of thiophene rings is 1. The molecule has 0 spiro atoms. The Morgan fingerprint density at radius 3 is 2.69 bits per heavy atom. The predicted octanol–water partition coefficient (Wildman–Crippen LogP) is 2.29. The van der Waals surface area contributed by atoms with Crippen LogP contribution in [0, 0.1) is 2.88 Å². The van der Waals surface area contributed by atoms with Gasteiger partial charge in [-0.1, -0.05) is 0 Å². The summed E-state index contributed by atoms with van der Waals surface area (Å²) < 4.78 is 1.05. The third-order valence-corrected chi connectivity index (χ3v) is 3.87.